The van der Waals surface area contributed by atoms with Crippen molar-refractivity contribution in [3.8, 4) is 0 Å². The third-order valence-electron chi connectivity index (χ3n) is 4.60. The number of benzene rings is 1. The van der Waals surface area contributed by atoms with Gasteiger partial charge in [0.15, 0.2) is 0 Å². The standard InChI is InChI=1S/C19H22N4O/c1-11-15-8-6-7-9-17(15)20-12(2)16(11)10-18(24)21-19-13(3)22-23(5)14(19)4/h6-9H,10H2,1-5H3,(H,21,24). The summed E-state index contributed by atoms with van der Waals surface area (Å²) in [6, 6.07) is 8.03. The zero-order valence-electron chi connectivity index (χ0n) is 14.8. The number of para-hydroxylation sites is 1. The average Bonchev–Trinajstić information content (AvgIpc) is 2.78. The van der Waals surface area contributed by atoms with E-state index in [0.717, 1.165) is 44.8 Å². The molecule has 5 nitrogen and oxygen atoms in total. The Hall–Kier alpha value is -2.69. The van der Waals surface area contributed by atoms with Crippen LogP contribution < -0.4 is 5.32 Å². The van der Waals surface area contributed by atoms with Gasteiger partial charge in [-0.15, -0.1) is 0 Å². The van der Waals surface area contributed by atoms with Crippen molar-refractivity contribution >= 4 is 22.5 Å². The fourth-order valence-electron chi connectivity index (χ4n) is 3.13. The van der Waals surface area contributed by atoms with Crippen molar-refractivity contribution < 1.29 is 4.79 Å². The Labute approximate surface area is 141 Å². The molecule has 0 fully saturated rings. The molecule has 0 atom stereocenters. The Morgan fingerprint density at radius 2 is 1.83 bits per heavy atom. The van der Waals surface area contributed by atoms with Crippen molar-refractivity contribution in [1.82, 2.24) is 14.8 Å². The molecule has 0 radical (unpaired) electrons. The van der Waals surface area contributed by atoms with Crippen molar-refractivity contribution in [3.63, 3.8) is 0 Å². The van der Waals surface area contributed by atoms with Gasteiger partial charge in [-0.2, -0.15) is 5.10 Å². The molecule has 0 aliphatic heterocycles. The fraction of sp³-hybridized carbons (Fsp3) is 0.316. The smallest absolute Gasteiger partial charge is 0.228 e. The number of nitrogens with one attached hydrogen (secondary N) is 1. The van der Waals surface area contributed by atoms with E-state index in [1.807, 2.05) is 52.1 Å². The van der Waals surface area contributed by atoms with Crippen molar-refractivity contribution in [1.29, 1.82) is 0 Å². The summed E-state index contributed by atoms with van der Waals surface area (Å²) in [7, 11) is 1.87. The lowest BCUT2D eigenvalue weighted by Crippen LogP contribution is -2.17. The number of carbonyl (C=O) groups is 1. The number of aromatic nitrogens is 3. The third-order valence-corrected chi connectivity index (χ3v) is 4.60. The molecule has 5 heteroatoms. The first-order valence-corrected chi connectivity index (χ1v) is 8.03. The van der Waals surface area contributed by atoms with Gasteiger partial charge in [-0.05, 0) is 44.9 Å². The van der Waals surface area contributed by atoms with Crippen LogP contribution in [-0.2, 0) is 18.3 Å². The Morgan fingerprint density at radius 3 is 2.50 bits per heavy atom. The van der Waals surface area contributed by atoms with Crippen LogP contribution >= 0.6 is 0 Å². The molecule has 0 unspecified atom stereocenters. The summed E-state index contributed by atoms with van der Waals surface area (Å²) in [4.78, 5) is 17.2. The van der Waals surface area contributed by atoms with Gasteiger partial charge in [-0.25, -0.2) is 0 Å². The van der Waals surface area contributed by atoms with Crippen LogP contribution in [-0.4, -0.2) is 20.7 Å². The molecule has 1 N–H and O–H groups in total. The largest absolute Gasteiger partial charge is 0.323 e. The summed E-state index contributed by atoms with van der Waals surface area (Å²) in [6.07, 6.45) is 0.309. The van der Waals surface area contributed by atoms with Crippen LogP contribution in [0.5, 0.6) is 0 Å². The van der Waals surface area contributed by atoms with Crippen molar-refractivity contribution in [3.05, 3.63) is 52.5 Å². The quantitative estimate of drug-likeness (QED) is 0.804. The molecule has 2 heterocycles. The van der Waals surface area contributed by atoms with Gasteiger partial charge in [0.25, 0.3) is 0 Å². The Kier molecular flexibility index (Phi) is 4.09. The maximum absolute atomic E-state index is 12.6. The van der Waals surface area contributed by atoms with Crippen LogP contribution in [0, 0.1) is 27.7 Å². The summed E-state index contributed by atoms with van der Waals surface area (Å²) in [6.45, 7) is 7.86. The van der Waals surface area contributed by atoms with E-state index >= 15 is 0 Å². The highest BCUT2D eigenvalue weighted by Gasteiger charge is 2.16. The lowest BCUT2D eigenvalue weighted by Gasteiger charge is -2.13. The fourth-order valence-corrected chi connectivity index (χ4v) is 3.13. The number of carbonyl (C=O) groups excluding carboxylic acids is 1. The van der Waals surface area contributed by atoms with E-state index in [4.69, 9.17) is 0 Å². The first-order chi connectivity index (χ1) is 11.4. The number of nitrogens with zero attached hydrogens (tertiary/aromatic N) is 3. The number of pyridine rings is 1. The number of aryl methyl sites for hydroxylation is 4. The van der Waals surface area contributed by atoms with Crippen LogP contribution in [0.1, 0.15) is 28.2 Å². The van der Waals surface area contributed by atoms with Gasteiger partial charge in [0.2, 0.25) is 5.91 Å². The van der Waals surface area contributed by atoms with E-state index in [1.54, 1.807) is 4.68 Å². The van der Waals surface area contributed by atoms with Crippen LogP contribution in [0.25, 0.3) is 10.9 Å². The first kappa shape index (κ1) is 16.2. The van der Waals surface area contributed by atoms with Gasteiger partial charge in [-0.3, -0.25) is 14.5 Å². The molecule has 24 heavy (non-hydrogen) atoms. The summed E-state index contributed by atoms with van der Waals surface area (Å²) in [5.41, 5.74) is 6.56. The predicted molar refractivity (Wildman–Crippen MR) is 96.2 cm³/mol. The molecule has 0 spiro atoms. The molecule has 3 rings (SSSR count). The monoisotopic (exact) mass is 322 g/mol. The molecule has 0 aliphatic carbocycles. The van der Waals surface area contributed by atoms with E-state index in [1.165, 1.54) is 0 Å². The molecule has 3 aromatic rings. The lowest BCUT2D eigenvalue weighted by molar-refractivity contribution is -0.115. The third kappa shape index (κ3) is 2.77. The molecule has 0 saturated carbocycles. The molecule has 124 valence electrons. The zero-order valence-corrected chi connectivity index (χ0v) is 14.8. The molecular weight excluding hydrogens is 300 g/mol. The molecule has 0 bridgehead atoms. The van der Waals surface area contributed by atoms with E-state index in [-0.39, 0.29) is 5.91 Å². The zero-order chi connectivity index (χ0) is 17.4. The molecule has 1 aromatic carbocycles. The van der Waals surface area contributed by atoms with Gasteiger partial charge in [-0.1, -0.05) is 18.2 Å². The summed E-state index contributed by atoms with van der Waals surface area (Å²) >= 11 is 0. The summed E-state index contributed by atoms with van der Waals surface area (Å²) < 4.78 is 1.78. The van der Waals surface area contributed by atoms with E-state index in [0.29, 0.717) is 6.42 Å². The number of fused-ring (bicyclic) bond motifs is 1. The van der Waals surface area contributed by atoms with E-state index in [2.05, 4.69) is 22.3 Å². The number of hydrogen-bond acceptors (Lipinski definition) is 3. The Balaban J connectivity index is 1.91. The number of amides is 1. The number of rotatable bonds is 3. The molecular formula is C19H22N4O. The summed E-state index contributed by atoms with van der Waals surface area (Å²) in [5, 5.41) is 8.43. The average molecular weight is 322 g/mol. The first-order valence-electron chi connectivity index (χ1n) is 8.03. The van der Waals surface area contributed by atoms with Crippen molar-refractivity contribution in [2.24, 2.45) is 7.05 Å². The molecule has 0 saturated heterocycles. The molecule has 0 aliphatic rings. The van der Waals surface area contributed by atoms with Gasteiger partial charge in [0.1, 0.15) is 0 Å². The SMILES string of the molecule is Cc1nc2ccccc2c(C)c1CC(=O)Nc1c(C)nn(C)c1C. The summed E-state index contributed by atoms with van der Waals surface area (Å²) in [5.74, 6) is -0.0440. The predicted octanol–water partition coefficient (Wildman–Crippen LogP) is 3.38. The van der Waals surface area contributed by atoms with Crippen LogP contribution in [0.15, 0.2) is 24.3 Å². The van der Waals surface area contributed by atoms with Crippen molar-refractivity contribution in [2.75, 3.05) is 5.32 Å². The van der Waals surface area contributed by atoms with E-state index in [9.17, 15) is 4.79 Å². The van der Waals surface area contributed by atoms with Gasteiger partial charge < -0.3 is 5.32 Å². The number of anilines is 1. The van der Waals surface area contributed by atoms with Crippen LogP contribution in [0.4, 0.5) is 5.69 Å². The maximum atomic E-state index is 12.6. The topological polar surface area (TPSA) is 59.8 Å². The van der Waals surface area contributed by atoms with E-state index < -0.39 is 0 Å². The Morgan fingerprint density at radius 1 is 1.12 bits per heavy atom. The second kappa shape index (κ2) is 6.07. The van der Waals surface area contributed by atoms with Crippen LogP contribution in [0.2, 0.25) is 0 Å². The molecule has 1 amide bonds. The van der Waals surface area contributed by atoms with Crippen LogP contribution in [0.3, 0.4) is 0 Å². The highest BCUT2D eigenvalue weighted by atomic mass is 16.1. The van der Waals surface area contributed by atoms with Gasteiger partial charge >= 0.3 is 0 Å². The second-order valence-electron chi connectivity index (χ2n) is 6.21. The second-order valence-corrected chi connectivity index (χ2v) is 6.21. The molecule has 2 aromatic heterocycles. The van der Waals surface area contributed by atoms with Gasteiger partial charge in [0.05, 0.1) is 29.0 Å². The minimum absolute atomic E-state index is 0.0440. The highest BCUT2D eigenvalue weighted by Crippen LogP contribution is 2.24. The van der Waals surface area contributed by atoms with Gasteiger partial charge in [0, 0.05) is 18.1 Å². The highest BCUT2D eigenvalue weighted by molar-refractivity contribution is 5.94. The lowest BCUT2D eigenvalue weighted by atomic mass is 9.99. The van der Waals surface area contributed by atoms with Crippen molar-refractivity contribution in [2.45, 2.75) is 34.1 Å². The maximum Gasteiger partial charge on any atom is 0.228 e. The minimum atomic E-state index is -0.0440. The minimum Gasteiger partial charge on any atom is -0.323 e. The Bertz CT molecular complexity index is 940. The number of hydrogen-bond donors (Lipinski definition) is 1. The normalized spacial score (nSPS) is 11.0.